The smallest absolute Gasteiger partial charge is 0.261 e. The minimum atomic E-state index is -4.05. The molecular weight excluding hydrogens is 552 g/mol. The maximum atomic E-state index is 13.9. The van der Waals surface area contributed by atoms with Gasteiger partial charge in [0, 0.05) is 15.1 Å². The molecule has 0 heterocycles. The van der Waals surface area contributed by atoms with Gasteiger partial charge in [0.1, 0.15) is 5.82 Å². The summed E-state index contributed by atoms with van der Waals surface area (Å²) in [5, 5.41) is 1.69. The Kier molecular flexibility index (Phi) is 6.51. The Balaban J connectivity index is 1.95. The number of aryl methyl sites for hydroxylation is 1. The molecule has 4 rings (SSSR count). The van der Waals surface area contributed by atoms with Crippen LogP contribution in [0.5, 0.6) is 0 Å². The molecule has 4 nitrogen and oxygen atoms in total. The van der Waals surface area contributed by atoms with Crippen molar-refractivity contribution in [2.24, 2.45) is 0 Å². The summed E-state index contributed by atoms with van der Waals surface area (Å²) in [5.74, 6) is -1.29. The van der Waals surface area contributed by atoms with E-state index in [1.54, 1.807) is 30.3 Å². The number of carbonyl (C=O) groups excluding carboxylic acids is 1. The van der Waals surface area contributed by atoms with Gasteiger partial charge < -0.3 is 0 Å². The predicted octanol–water partition coefficient (Wildman–Crippen LogP) is 7.39. The van der Waals surface area contributed by atoms with E-state index in [4.69, 9.17) is 23.2 Å². The number of carbonyl (C=O) groups is 1. The van der Waals surface area contributed by atoms with Crippen LogP contribution in [0.2, 0.25) is 10.0 Å². The fourth-order valence-electron chi connectivity index (χ4n) is 3.36. The number of rotatable bonds is 5. The van der Waals surface area contributed by atoms with E-state index in [0.29, 0.717) is 20.3 Å². The molecule has 0 aliphatic rings. The molecule has 9 heteroatoms. The van der Waals surface area contributed by atoms with E-state index >= 15 is 0 Å². The van der Waals surface area contributed by atoms with Crippen LogP contribution in [0.1, 0.15) is 21.5 Å². The third kappa shape index (κ3) is 4.77. The Morgan fingerprint density at radius 3 is 2.36 bits per heavy atom. The molecule has 0 unspecified atom stereocenters. The second-order valence-electron chi connectivity index (χ2n) is 7.35. The molecular formula is C24H15BrCl2FNO3S. The van der Waals surface area contributed by atoms with Gasteiger partial charge in [-0.15, -0.1) is 0 Å². The van der Waals surface area contributed by atoms with E-state index in [9.17, 15) is 17.6 Å². The topological polar surface area (TPSA) is 63.2 Å². The highest BCUT2D eigenvalue weighted by Crippen LogP contribution is 2.38. The van der Waals surface area contributed by atoms with E-state index in [1.807, 2.05) is 6.92 Å². The Labute approximate surface area is 208 Å². The summed E-state index contributed by atoms with van der Waals surface area (Å²) < 4.78 is 42.9. The largest absolute Gasteiger partial charge is 0.288 e. The van der Waals surface area contributed by atoms with Gasteiger partial charge in [-0.1, -0.05) is 47.0 Å². The number of hydrogen-bond acceptors (Lipinski definition) is 3. The van der Waals surface area contributed by atoms with Crippen molar-refractivity contribution < 1.29 is 17.6 Å². The van der Waals surface area contributed by atoms with E-state index in [0.717, 1.165) is 17.7 Å². The second-order valence-corrected chi connectivity index (χ2v) is 10.7. The third-order valence-electron chi connectivity index (χ3n) is 5.01. The number of benzene rings is 4. The van der Waals surface area contributed by atoms with Crippen LogP contribution in [0.3, 0.4) is 0 Å². The Bertz CT molecular complexity index is 1520. The summed E-state index contributed by atoms with van der Waals surface area (Å²) in [4.78, 5) is 13.5. The fraction of sp³-hybridized carbons (Fsp3) is 0.0417. The normalized spacial score (nSPS) is 11.5. The molecule has 33 heavy (non-hydrogen) atoms. The molecule has 0 saturated heterocycles. The van der Waals surface area contributed by atoms with Crippen LogP contribution < -0.4 is 4.72 Å². The molecule has 0 amide bonds. The standard InChI is InChI=1S/C24H15BrCl2FNO3S/c1-13-2-6-17(7-3-13)33(31,32)29-21-11-14-10-15(26)4-8-18(14)23(25)22(21)24(30)19-12-16(28)5-9-20(19)27/h2-12,29H,1H3. The maximum Gasteiger partial charge on any atom is 0.261 e. The van der Waals surface area contributed by atoms with Crippen LogP contribution in [0.15, 0.2) is 76.1 Å². The molecule has 0 aromatic heterocycles. The van der Waals surface area contributed by atoms with Crippen molar-refractivity contribution in [2.75, 3.05) is 4.72 Å². The number of anilines is 1. The summed E-state index contributed by atoms with van der Waals surface area (Å²) in [6.07, 6.45) is 0. The minimum absolute atomic E-state index is 0.00236. The van der Waals surface area contributed by atoms with Crippen LogP contribution in [0.4, 0.5) is 10.1 Å². The second kappa shape index (κ2) is 9.06. The Morgan fingerprint density at radius 1 is 0.970 bits per heavy atom. The number of nitrogens with one attached hydrogen (secondary N) is 1. The summed E-state index contributed by atoms with van der Waals surface area (Å²) >= 11 is 15.7. The van der Waals surface area contributed by atoms with Crippen LogP contribution in [-0.4, -0.2) is 14.2 Å². The quantitative estimate of drug-likeness (QED) is 0.256. The highest BCUT2D eigenvalue weighted by molar-refractivity contribution is 9.10. The molecule has 0 aliphatic carbocycles. The number of halogens is 4. The Morgan fingerprint density at radius 2 is 1.67 bits per heavy atom. The number of hydrogen-bond donors (Lipinski definition) is 1. The number of fused-ring (bicyclic) bond motifs is 1. The molecule has 0 spiro atoms. The average Bonchev–Trinajstić information content (AvgIpc) is 2.75. The summed E-state index contributed by atoms with van der Waals surface area (Å²) in [7, 11) is -4.05. The minimum Gasteiger partial charge on any atom is -0.288 e. The molecule has 1 N–H and O–H groups in total. The van der Waals surface area contributed by atoms with Gasteiger partial charge in [-0.05, 0) is 82.2 Å². The van der Waals surface area contributed by atoms with Crippen LogP contribution in [0, 0.1) is 12.7 Å². The van der Waals surface area contributed by atoms with Gasteiger partial charge >= 0.3 is 0 Å². The molecule has 0 aliphatic heterocycles. The molecule has 0 fully saturated rings. The Hall–Kier alpha value is -2.45. The van der Waals surface area contributed by atoms with Crippen molar-refractivity contribution in [1.29, 1.82) is 0 Å². The van der Waals surface area contributed by atoms with Crippen LogP contribution in [0.25, 0.3) is 10.8 Å². The molecule has 4 aromatic carbocycles. The summed E-state index contributed by atoms with van der Waals surface area (Å²) in [5.41, 5.74) is 0.797. The highest BCUT2D eigenvalue weighted by atomic mass is 79.9. The van der Waals surface area contributed by atoms with Gasteiger partial charge in [-0.2, -0.15) is 0 Å². The first-order chi connectivity index (χ1) is 15.6. The van der Waals surface area contributed by atoms with Gasteiger partial charge in [-0.25, -0.2) is 12.8 Å². The first-order valence-electron chi connectivity index (χ1n) is 9.58. The van der Waals surface area contributed by atoms with Crippen LogP contribution >= 0.6 is 39.1 Å². The van der Waals surface area contributed by atoms with Gasteiger partial charge in [-0.3, -0.25) is 9.52 Å². The lowest BCUT2D eigenvalue weighted by molar-refractivity contribution is 0.103. The van der Waals surface area contributed by atoms with Crippen molar-refractivity contribution in [3.63, 3.8) is 0 Å². The van der Waals surface area contributed by atoms with Gasteiger partial charge in [0.05, 0.1) is 21.2 Å². The first-order valence-corrected chi connectivity index (χ1v) is 12.6. The summed E-state index contributed by atoms with van der Waals surface area (Å²) in [6.45, 7) is 1.84. The lowest BCUT2D eigenvalue weighted by Crippen LogP contribution is -2.17. The predicted molar refractivity (Wildman–Crippen MR) is 133 cm³/mol. The van der Waals surface area contributed by atoms with Crippen LogP contribution in [-0.2, 0) is 10.0 Å². The lowest BCUT2D eigenvalue weighted by atomic mass is 9.98. The monoisotopic (exact) mass is 565 g/mol. The molecule has 0 saturated carbocycles. The number of ketones is 1. The molecule has 0 atom stereocenters. The van der Waals surface area contributed by atoms with Gasteiger partial charge in [0.15, 0.2) is 5.78 Å². The zero-order chi connectivity index (χ0) is 23.9. The molecule has 0 bridgehead atoms. The van der Waals surface area contributed by atoms with Gasteiger partial charge in [0.2, 0.25) is 0 Å². The van der Waals surface area contributed by atoms with E-state index in [-0.39, 0.29) is 26.7 Å². The van der Waals surface area contributed by atoms with Crippen molar-refractivity contribution in [3.05, 3.63) is 104 Å². The van der Waals surface area contributed by atoms with Crippen molar-refractivity contribution in [1.82, 2.24) is 0 Å². The van der Waals surface area contributed by atoms with E-state index < -0.39 is 21.6 Å². The van der Waals surface area contributed by atoms with Crippen molar-refractivity contribution >= 4 is 71.4 Å². The first kappa shape index (κ1) is 23.7. The summed E-state index contributed by atoms with van der Waals surface area (Å²) in [6, 6.07) is 16.2. The van der Waals surface area contributed by atoms with Gasteiger partial charge in [0.25, 0.3) is 10.0 Å². The zero-order valence-electron chi connectivity index (χ0n) is 17.0. The SMILES string of the molecule is Cc1ccc(S(=O)(=O)Nc2cc3cc(Cl)ccc3c(Br)c2C(=O)c2cc(F)ccc2Cl)cc1. The lowest BCUT2D eigenvalue weighted by Gasteiger charge is -2.17. The molecule has 0 radical (unpaired) electrons. The maximum absolute atomic E-state index is 13.9. The fourth-order valence-corrected chi connectivity index (χ4v) is 5.56. The zero-order valence-corrected chi connectivity index (χ0v) is 20.9. The molecule has 168 valence electrons. The van der Waals surface area contributed by atoms with Crippen molar-refractivity contribution in [2.45, 2.75) is 11.8 Å². The number of sulfonamides is 1. The third-order valence-corrected chi connectivity index (χ3v) is 7.78. The van der Waals surface area contributed by atoms with E-state index in [1.165, 1.54) is 24.3 Å². The van der Waals surface area contributed by atoms with E-state index in [2.05, 4.69) is 20.7 Å². The van der Waals surface area contributed by atoms with Crippen molar-refractivity contribution in [3.8, 4) is 0 Å². The average molecular weight is 567 g/mol. The molecule has 4 aromatic rings. The highest BCUT2D eigenvalue weighted by Gasteiger charge is 2.25.